The van der Waals surface area contributed by atoms with Crippen LogP contribution in [0.15, 0.2) is 0 Å². The molecule has 7 heteroatoms. The Bertz CT molecular complexity index is 227. The molecule has 5 nitrogen and oxygen atoms in total. The van der Waals surface area contributed by atoms with Crippen LogP contribution in [0.2, 0.25) is 5.28 Å². The fraction of sp³-hybridized carbons (Fsp3) is 1.00. The van der Waals surface area contributed by atoms with Crippen LogP contribution in [0.3, 0.4) is 0 Å². The first-order valence-electron chi connectivity index (χ1n) is 6.78. The minimum absolute atomic E-state index is 0. The summed E-state index contributed by atoms with van der Waals surface area (Å²) in [5.74, 6) is 0. The van der Waals surface area contributed by atoms with Gasteiger partial charge in [0.25, 0.3) is 0 Å². The molecule has 0 aromatic rings. The van der Waals surface area contributed by atoms with E-state index in [1.165, 1.54) is 69.5 Å². The number of rotatable bonds is 10. The molecule has 0 aromatic heterocycles. The second-order valence-corrected chi connectivity index (χ2v) is 5.77. The van der Waals surface area contributed by atoms with E-state index >= 15 is 0 Å². The first kappa shape index (κ1) is 24.4. The average Bonchev–Trinajstić information content (AvgIpc) is 2.25. The van der Waals surface area contributed by atoms with Gasteiger partial charge in [-0.05, 0) is 0 Å². The zero-order chi connectivity index (χ0) is 14.3. The van der Waals surface area contributed by atoms with E-state index in [0.29, 0.717) is 0 Å². The zero-order valence-electron chi connectivity index (χ0n) is 11.9. The summed E-state index contributed by atoms with van der Waals surface area (Å²) in [6.45, 7) is 2.28. The zero-order valence-corrected chi connectivity index (χ0v) is 13.9. The molecular weight excluding hydrogens is 283 g/mol. The van der Waals surface area contributed by atoms with Gasteiger partial charge in [0.15, 0.2) is 0 Å². The molecule has 0 atom stereocenters. The van der Waals surface area contributed by atoms with Crippen molar-refractivity contribution >= 4 is 26.7 Å². The van der Waals surface area contributed by atoms with Crippen molar-refractivity contribution in [2.75, 3.05) is 0 Å². The van der Waals surface area contributed by atoms with Crippen molar-refractivity contribution in [1.82, 2.24) is 0 Å². The van der Waals surface area contributed by atoms with E-state index < -0.39 is 10.4 Å². The molecule has 0 radical (unpaired) electrons. The van der Waals surface area contributed by atoms with E-state index in [4.69, 9.17) is 17.5 Å². The van der Waals surface area contributed by atoms with Gasteiger partial charge in [-0.15, -0.1) is 0 Å². The molecule has 0 saturated carbocycles. The van der Waals surface area contributed by atoms with E-state index in [-0.39, 0.29) is 5.48 Å². The minimum atomic E-state index is -5.17. The van der Waals surface area contributed by atoms with Crippen molar-refractivity contribution in [2.45, 2.75) is 76.4 Å². The Kier molecular flexibility index (Phi) is 23.6. The summed E-state index contributed by atoms with van der Waals surface area (Å²) in [6.07, 6.45) is 14.5. The van der Waals surface area contributed by atoms with Crippen LogP contribution in [0.5, 0.6) is 0 Å². The third-order valence-corrected chi connectivity index (χ3v) is 2.97. The molecule has 0 aliphatic heterocycles. The summed E-state index contributed by atoms with van der Waals surface area (Å²) in [7, 11) is -5.17. The van der Waals surface area contributed by atoms with Gasteiger partial charge < -0.3 is 14.6 Å². The smallest absolute Gasteiger partial charge is 0.0311 e. The molecule has 0 amide bonds. The van der Waals surface area contributed by atoms with E-state index in [0.717, 1.165) is 0 Å². The van der Waals surface area contributed by atoms with Gasteiger partial charge in [-0.2, -0.15) is 0 Å². The number of hydrogen-bond donors (Lipinski definition) is 0. The molecule has 0 unspecified atom stereocenters. The molecule has 0 rings (SSSR count). The average molecular weight is 310 g/mol. The van der Waals surface area contributed by atoms with Crippen LogP contribution in [-0.2, 0) is 10.4 Å². The van der Waals surface area contributed by atoms with Gasteiger partial charge in [0.1, 0.15) is 0 Å². The maximum atomic E-state index is 8.52. The minimum Gasteiger partial charge on any atom is -0.759 e. The largest absolute Gasteiger partial charge is 0.759 e. The standard InChI is InChI=1S/C12H25.Al.H2O4S.H2O/c1-3-5-7-9-11-12-10-8-6-4-2;;1-5(2,3)4;/h1,3-12H2,2H3;;(H2,1,2,3,4);1H2/q;+2;;/p-2. The van der Waals surface area contributed by atoms with E-state index in [1.54, 1.807) is 0 Å². The van der Waals surface area contributed by atoms with E-state index in [2.05, 4.69) is 23.2 Å². The molecule has 2 N–H and O–H groups in total. The summed E-state index contributed by atoms with van der Waals surface area (Å²) in [5.41, 5.74) is 0. The normalized spacial score (nSPS) is 10.4. The second kappa shape index (κ2) is 18.4. The summed E-state index contributed by atoms with van der Waals surface area (Å²) in [5, 5.41) is 1.29. The Hall–Kier alpha value is 0.362. The maximum absolute atomic E-state index is 8.52. The fourth-order valence-corrected chi connectivity index (χ4v) is 1.92. The molecule has 114 valence electrons. The van der Waals surface area contributed by atoms with Crippen LogP contribution < -0.4 is 0 Å². The van der Waals surface area contributed by atoms with Crippen molar-refractivity contribution in [3.8, 4) is 0 Å². The summed E-state index contributed by atoms with van der Waals surface area (Å²) >= 11 is 2.81. The van der Waals surface area contributed by atoms with Crippen molar-refractivity contribution in [2.24, 2.45) is 0 Å². The van der Waals surface area contributed by atoms with Crippen LogP contribution in [0.25, 0.3) is 0 Å². The topological polar surface area (TPSA) is 112 Å². The monoisotopic (exact) mass is 310 g/mol. The quantitative estimate of drug-likeness (QED) is 0.267. The molecular formula is C12H27AlO5S. The second-order valence-electron chi connectivity index (χ2n) is 4.38. The molecule has 0 saturated heterocycles. The van der Waals surface area contributed by atoms with Gasteiger partial charge in [0.2, 0.25) is 0 Å². The van der Waals surface area contributed by atoms with Crippen LogP contribution in [0, 0.1) is 0 Å². The number of hydrogen-bond acceptors (Lipinski definition) is 4. The third-order valence-electron chi connectivity index (χ3n) is 2.56. The van der Waals surface area contributed by atoms with Crippen LogP contribution in [0.1, 0.15) is 71.1 Å². The Morgan fingerprint density at radius 3 is 1.32 bits per heavy atom. The summed E-state index contributed by atoms with van der Waals surface area (Å²) < 4.78 is 34.1. The van der Waals surface area contributed by atoms with Crippen LogP contribution in [-0.4, -0.2) is 39.3 Å². The Balaban J connectivity index is -0.000000366. The summed E-state index contributed by atoms with van der Waals surface area (Å²) in [4.78, 5) is 0. The van der Waals surface area contributed by atoms with Crippen LogP contribution in [0.4, 0.5) is 0 Å². The maximum Gasteiger partial charge on any atom is 0.0311 e. The van der Waals surface area contributed by atoms with Gasteiger partial charge >= 0.3 is 92.7 Å². The van der Waals surface area contributed by atoms with E-state index in [9.17, 15) is 0 Å². The van der Waals surface area contributed by atoms with Gasteiger partial charge in [-0.25, -0.2) is 0 Å². The van der Waals surface area contributed by atoms with Gasteiger partial charge in [-0.1, -0.05) is 0 Å². The van der Waals surface area contributed by atoms with E-state index in [1.807, 2.05) is 0 Å². The Morgan fingerprint density at radius 1 is 0.789 bits per heavy atom. The van der Waals surface area contributed by atoms with Gasteiger partial charge in [0, 0.05) is 10.4 Å². The molecule has 0 aromatic carbocycles. The van der Waals surface area contributed by atoms with Crippen molar-refractivity contribution < 1.29 is 23.0 Å². The van der Waals surface area contributed by atoms with Crippen molar-refractivity contribution in [3.05, 3.63) is 0 Å². The predicted molar refractivity (Wildman–Crippen MR) is 76.5 cm³/mol. The molecule has 0 aliphatic rings. The predicted octanol–water partition coefficient (Wildman–Crippen LogP) is 2.33. The molecule has 19 heavy (non-hydrogen) atoms. The molecule has 0 heterocycles. The fourth-order valence-electron chi connectivity index (χ4n) is 1.63. The first-order chi connectivity index (χ1) is 8.41. The molecule has 0 fully saturated rings. The molecule has 0 aliphatic carbocycles. The SMILES string of the molecule is CCCCCCCCCCC[CH2][Al+2].O.O=S(=O)([O-])[O-]. The van der Waals surface area contributed by atoms with Crippen molar-refractivity contribution in [1.29, 1.82) is 0 Å². The van der Waals surface area contributed by atoms with Crippen LogP contribution >= 0.6 is 0 Å². The first-order valence-corrected chi connectivity index (χ1v) is 8.93. The Morgan fingerprint density at radius 2 is 1.05 bits per heavy atom. The third kappa shape index (κ3) is 45.8. The van der Waals surface area contributed by atoms with Gasteiger partial charge in [-0.3, -0.25) is 8.42 Å². The van der Waals surface area contributed by atoms with Gasteiger partial charge in [0.05, 0.1) is 0 Å². The summed E-state index contributed by atoms with van der Waals surface area (Å²) in [6, 6.07) is 0. The molecule has 0 spiro atoms. The number of unbranched alkanes of at least 4 members (excludes halogenated alkanes) is 9. The molecule has 0 bridgehead atoms. The Labute approximate surface area is 126 Å². The van der Waals surface area contributed by atoms with Crippen molar-refractivity contribution in [3.63, 3.8) is 0 Å².